The van der Waals surface area contributed by atoms with E-state index in [1.807, 2.05) is 18.2 Å². The number of piperidine rings is 1. The van der Waals surface area contributed by atoms with Crippen LogP contribution in [0.25, 0.3) is 5.57 Å². The highest BCUT2D eigenvalue weighted by Gasteiger charge is 2.52. The third-order valence-corrected chi connectivity index (χ3v) is 7.69. The van der Waals surface area contributed by atoms with Crippen molar-refractivity contribution in [1.82, 2.24) is 4.90 Å². The number of rotatable bonds is 3. The normalized spacial score (nSPS) is 29.4. The molecule has 3 atom stereocenters. The number of benzene rings is 2. The van der Waals surface area contributed by atoms with Crippen LogP contribution in [-0.4, -0.2) is 24.3 Å². The largest absolute Gasteiger partial charge is 0.454 e. The van der Waals surface area contributed by atoms with Gasteiger partial charge in [-0.15, -0.1) is 0 Å². The number of hydrogen-bond donors (Lipinski definition) is 0. The van der Waals surface area contributed by atoms with E-state index >= 15 is 0 Å². The lowest BCUT2D eigenvalue weighted by molar-refractivity contribution is 0.143. The summed E-state index contributed by atoms with van der Waals surface area (Å²) in [7, 11) is 0. The Morgan fingerprint density at radius 3 is 2.80 bits per heavy atom. The van der Waals surface area contributed by atoms with Gasteiger partial charge in [-0.25, -0.2) is 4.39 Å². The lowest BCUT2D eigenvalue weighted by atomic mass is 9.70. The summed E-state index contributed by atoms with van der Waals surface area (Å²) in [5, 5.41) is 0. The van der Waals surface area contributed by atoms with Crippen LogP contribution in [0.15, 0.2) is 60.2 Å². The van der Waals surface area contributed by atoms with Crippen LogP contribution in [-0.2, 0) is 6.54 Å². The van der Waals surface area contributed by atoms with Crippen molar-refractivity contribution in [2.45, 2.75) is 38.8 Å². The highest BCUT2D eigenvalue weighted by Crippen LogP contribution is 2.58. The zero-order chi connectivity index (χ0) is 20.3. The van der Waals surface area contributed by atoms with Gasteiger partial charge >= 0.3 is 0 Å². The van der Waals surface area contributed by atoms with Gasteiger partial charge in [0.25, 0.3) is 0 Å². The van der Waals surface area contributed by atoms with Gasteiger partial charge in [0, 0.05) is 12.6 Å². The van der Waals surface area contributed by atoms with Crippen molar-refractivity contribution < 1.29 is 13.9 Å². The predicted molar refractivity (Wildman–Crippen MR) is 115 cm³/mol. The highest BCUT2D eigenvalue weighted by molar-refractivity contribution is 5.77. The molecule has 4 aliphatic rings. The van der Waals surface area contributed by atoms with Gasteiger partial charge in [0.05, 0.1) is 0 Å². The summed E-state index contributed by atoms with van der Waals surface area (Å²) >= 11 is 0. The molecule has 1 saturated carbocycles. The quantitative estimate of drug-likeness (QED) is 0.669. The molecule has 154 valence electrons. The monoisotopic (exact) mass is 403 g/mol. The Balaban J connectivity index is 1.30. The number of halogens is 1. The first-order valence-corrected chi connectivity index (χ1v) is 10.9. The maximum atomic E-state index is 13.4. The number of allylic oxidation sites excluding steroid dienone is 3. The number of fused-ring (bicyclic) bond motifs is 6. The van der Waals surface area contributed by atoms with Crippen LogP contribution in [0.3, 0.4) is 0 Å². The summed E-state index contributed by atoms with van der Waals surface area (Å²) in [4.78, 5) is 2.64. The molecule has 0 amide bonds. The molecule has 4 heteroatoms. The molecule has 0 spiro atoms. The zero-order valence-corrected chi connectivity index (χ0v) is 17.2. The molecular weight excluding hydrogens is 377 g/mol. The van der Waals surface area contributed by atoms with Crippen molar-refractivity contribution in [3.8, 4) is 11.5 Å². The molecule has 2 fully saturated rings. The van der Waals surface area contributed by atoms with Gasteiger partial charge in [0.2, 0.25) is 6.79 Å². The predicted octanol–water partition coefficient (Wildman–Crippen LogP) is 5.57. The van der Waals surface area contributed by atoms with Gasteiger partial charge in [0.15, 0.2) is 11.5 Å². The van der Waals surface area contributed by atoms with Gasteiger partial charge in [-0.05, 0) is 83.7 Å². The first-order chi connectivity index (χ1) is 14.6. The Hall–Kier alpha value is -2.59. The van der Waals surface area contributed by atoms with Gasteiger partial charge < -0.3 is 9.47 Å². The summed E-state index contributed by atoms with van der Waals surface area (Å²) in [5.41, 5.74) is 5.43. The SMILES string of the molecule is CC12CC=C(c3ccc(F)cc3)C=C1C1CC2CCN1Cc1ccc2c(c1)OCO2. The third-order valence-electron chi connectivity index (χ3n) is 7.69. The Kier molecular flexibility index (Phi) is 4.07. The molecule has 30 heavy (non-hydrogen) atoms. The van der Waals surface area contributed by atoms with Crippen molar-refractivity contribution >= 4 is 5.57 Å². The third kappa shape index (κ3) is 2.81. The van der Waals surface area contributed by atoms with Crippen LogP contribution in [0.5, 0.6) is 11.5 Å². The van der Waals surface area contributed by atoms with E-state index in [9.17, 15) is 4.39 Å². The fourth-order valence-corrected chi connectivity index (χ4v) is 5.93. The Morgan fingerprint density at radius 1 is 1.10 bits per heavy atom. The molecule has 0 radical (unpaired) electrons. The van der Waals surface area contributed by atoms with Crippen LogP contribution in [0.2, 0.25) is 0 Å². The van der Waals surface area contributed by atoms with Crippen LogP contribution < -0.4 is 9.47 Å². The minimum atomic E-state index is -0.181. The average Bonchev–Trinajstić information content (AvgIpc) is 3.31. The molecule has 3 unspecified atom stereocenters. The zero-order valence-electron chi connectivity index (χ0n) is 17.2. The number of nitrogens with zero attached hydrogens (tertiary/aromatic N) is 1. The first-order valence-electron chi connectivity index (χ1n) is 10.9. The smallest absolute Gasteiger partial charge is 0.231 e. The molecule has 2 aromatic carbocycles. The number of ether oxygens (including phenoxy) is 2. The molecule has 2 aliphatic heterocycles. The average molecular weight is 403 g/mol. The highest BCUT2D eigenvalue weighted by atomic mass is 19.1. The van der Waals surface area contributed by atoms with Crippen molar-refractivity contribution in [3.05, 3.63) is 77.1 Å². The summed E-state index contributed by atoms with van der Waals surface area (Å²) in [6.45, 7) is 4.82. The topological polar surface area (TPSA) is 21.7 Å². The molecule has 0 aromatic heterocycles. The number of likely N-dealkylation sites (tertiary alicyclic amines) is 1. The minimum Gasteiger partial charge on any atom is -0.454 e. The molecule has 2 aromatic rings. The molecule has 0 N–H and O–H groups in total. The Bertz CT molecular complexity index is 1060. The van der Waals surface area contributed by atoms with Crippen molar-refractivity contribution in [2.75, 3.05) is 13.3 Å². The Morgan fingerprint density at radius 2 is 1.93 bits per heavy atom. The van der Waals surface area contributed by atoms with Gasteiger partial charge in [-0.1, -0.05) is 37.3 Å². The summed E-state index contributed by atoms with van der Waals surface area (Å²) in [6.07, 6.45) is 8.32. The Labute approximate surface area is 176 Å². The van der Waals surface area contributed by atoms with Crippen molar-refractivity contribution in [1.29, 1.82) is 0 Å². The second-order valence-corrected chi connectivity index (χ2v) is 9.28. The molecule has 3 nitrogen and oxygen atoms in total. The van der Waals surface area contributed by atoms with Crippen molar-refractivity contribution in [3.63, 3.8) is 0 Å². The van der Waals surface area contributed by atoms with Crippen LogP contribution in [0.4, 0.5) is 4.39 Å². The lowest BCUT2D eigenvalue weighted by Gasteiger charge is -2.34. The van der Waals surface area contributed by atoms with Crippen LogP contribution in [0, 0.1) is 17.2 Å². The summed E-state index contributed by atoms with van der Waals surface area (Å²) in [5.74, 6) is 2.26. The fraction of sp³-hybridized carbons (Fsp3) is 0.385. The molecule has 6 rings (SSSR count). The van der Waals surface area contributed by atoms with Gasteiger partial charge in [-0.2, -0.15) is 0 Å². The molecular formula is C26H26FNO2. The number of hydrogen-bond acceptors (Lipinski definition) is 3. The van der Waals surface area contributed by atoms with E-state index in [4.69, 9.17) is 9.47 Å². The van der Waals surface area contributed by atoms with Crippen LogP contribution >= 0.6 is 0 Å². The molecule has 2 heterocycles. The lowest BCUT2D eigenvalue weighted by Crippen LogP contribution is -2.38. The summed E-state index contributed by atoms with van der Waals surface area (Å²) in [6, 6.07) is 13.7. The first kappa shape index (κ1) is 18.2. The van der Waals surface area contributed by atoms with E-state index < -0.39 is 0 Å². The standard InChI is InChI=1S/C26H26FNO2/c1-26-10-8-19(18-3-5-21(27)6-4-18)13-22(26)23-14-20(26)9-11-28(23)15-17-2-7-24-25(12-17)30-16-29-24/h2-8,12-13,20,23H,9-11,14-16H2,1H3. The maximum Gasteiger partial charge on any atom is 0.231 e. The van der Waals surface area contributed by atoms with Crippen molar-refractivity contribution in [2.24, 2.45) is 11.3 Å². The van der Waals surface area contributed by atoms with E-state index in [0.29, 0.717) is 12.8 Å². The van der Waals surface area contributed by atoms with Gasteiger partial charge in [-0.3, -0.25) is 4.90 Å². The maximum absolute atomic E-state index is 13.4. The summed E-state index contributed by atoms with van der Waals surface area (Å²) < 4.78 is 24.4. The molecule has 2 bridgehead atoms. The van der Waals surface area contributed by atoms with E-state index in [2.05, 4.69) is 36.1 Å². The van der Waals surface area contributed by atoms with E-state index in [1.54, 1.807) is 17.7 Å². The van der Waals surface area contributed by atoms with E-state index in [-0.39, 0.29) is 11.2 Å². The molecule has 2 aliphatic carbocycles. The second kappa shape index (κ2) is 6.71. The fourth-order valence-electron chi connectivity index (χ4n) is 5.93. The minimum absolute atomic E-state index is 0.181. The second-order valence-electron chi connectivity index (χ2n) is 9.28. The van der Waals surface area contributed by atoms with E-state index in [1.165, 1.54) is 24.0 Å². The van der Waals surface area contributed by atoms with Gasteiger partial charge in [0.1, 0.15) is 5.82 Å². The molecule has 1 saturated heterocycles. The van der Waals surface area contributed by atoms with Crippen LogP contribution in [0.1, 0.15) is 37.3 Å². The van der Waals surface area contributed by atoms with E-state index in [0.717, 1.165) is 42.5 Å².